The Bertz CT molecular complexity index is 494. The van der Waals surface area contributed by atoms with Gasteiger partial charge in [-0.25, -0.2) is 4.39 Å². The smallest absolute Gasteiger partial charge is 0.238 e. The van der Waals surface area contributed by atoms with E-state index in [1.54, 1.807) is 12.1 Å². The number of benzene rings is 1. The van der Waals surface area contributed by atoms with Crippen LogP contribution in [0.1, 0.15) is 25.7 Å². The zero-order valence-corrected chi connectivity index (χ0v) is 11.3. The molecule has 0 spiro atoms. The first-order valence-corrected chi connectivity index (χ1v) is 7.11. The monoisotopic (exact) mass is 278 g/mol. The highest BCUT2D eigenvalue weighted by Gasteiger charge is 2.40. The van der Waals surface area contributed by atoms with Crippen LogP contribution in [0, 0.1) is 5.82 Å². The Morgan fingerprint density at radius 3 is 2.70 bits per heavy atom. The summed E-state index contributed by atoms with van der Waals surface area (Å²) in [7, 11) is 0. The minimum Gasteiger partial charge on any atom is -0.393 e. The van der Waals surface area contributed by atoms with Gasteiger partial charge in [0.05, 0.1) is 12.6 Å². The average Bonchev–Trinajstić information content (AvgIpc) is 2.62. The van der Waals surface area contributed by atoms with Crippen molar-refractivity contribution in [3.05, 3.63) is 30.1 Å². The van der Waals surface area contributed by atoms with E-state index in [0.29, 0.717) is 24.3 Å². The van der Waals surface area contributed by atoms with Crippen LogP contribution in [0.2, 0.25) is 0 Å². The fourth-order valence-corrected chi connectivity index (χ4v) is 3.44. The van der Waals surface area contributed by atoms with E-state index in [4.69, 9.17) is 0 Å². The van der Waals surface area contributed by atoms with Gasteiger partial charge >= 0.3 is 0 Å². The first-order valence-electron chi connectivity index (χ1n) is 7.11. The molecule has 2 aliphatic rings. The van der Waals surface area contributed by atoms with Gasteiger partial charge in [0, 0.05) is 17.8 Å². The van der Waals surface area contributed by atoms with Crippen LogP contribution in [0.15, 0.2) is 24.3 Å². The Hall–Kier alpha value is -1.46. The number of carbonyl (C=O) groups excluding carboxylic acids is 1. The molecule has 2 unspecified atom stereocenters. The summed E-state index contributed by atoms with van der Waals surface area (Å²) in [6.45, 7) is 0.318. The molecule has 2 N–H and O–H groups in total. The van der Waals surface area contributed by atoms with Crippen LogP contribution >= 0.6 is 0 Å². The van der Waals surface area contributed by atoms with Gasteiger partial charge in [0.15, 0.2) is 0 Å². The molecule has 1 aromatic rings. The standard InChI is InChI=1S/C15H19FN2O2/c16-10-2-1-3-11(6-10)17-15(20)9-18-12-4-5-13(18)8-14(19)7-12/h1-3,6,12-14,19H,4-5,7-9H2,(H,17,20). The van der Waals surface area contributed by atoms with E-state index in [-0.39, 0.29) is 17.8 Å². The van der Waals surface area contributed by atoms with E-state index in [1.807, 2.05) is 0 Å². The predicted molar refractivity (Wildman–Crippen MR) is 73.8 cm³/mol. The lowest BCUT2D eigenvalue weighted by Crippen LogP contribution is -2.47. The number of fused-ring (bicyclic) bond motifs is 2. The van der Waals surface area contributed by atoms with E-state index < -0.39 is 0 Å². The summed E-state index contributed by atoms with van der Waals surface area (Å²) in [5.41, 5.74) is 0.486. The van der Waals surface area contributed by atoms with Gasteiger partial charge < -0.3 is 10.4 Å². The molecule has 0 aliphatic carbocycles. The van der Waals surface area contributed by atoms with E-state index >= 15 is 0 Å². The van der Waals surface area contributed by atoms with Crippen molar-refractivity contribution >= 4 is 11.6 Å². The third-order valence-corrected chi connectivity index (χ3v) is 4.29. The van der Waals surface area contributed by atoms with Crippen molar-refractivity contribution in [3.63, 3.8) is 0 Å². The van der Waals surface area contributed by atoms with E-state index in [9.17, 15) is 14.3 Å². The summed E-state index contributed by atoms with van der Waals surface area (Å²) >= 11 is 0. The Labute approximate surface area is 117 Å². The number of anilines is 1. The topological polar surface area (TPSA) is 52.6 Å². The Morgan fingerprint density at radius 1 is 1.35 bits per heavy atom. The number of aliphatic hydroxyl groups is 1. The third-order valence-electron chi connectivity index (χ3n) is 4.29. The first kappa shape index (κ1) is 13.5. The zero-order valence-electron chi connectivity index (χ0n) is 11.3. The maximum absolute atomic E-state index is 13.1. The Kier molecular flexibility index (Phi) is 3.72. The van der Waals surface area contributed by atoms with Crippen LogP contribution in [0.25, 0.3) is 0 Å². The third kappa shape index (κ3) is 2.83. The molecule has 3 rings (SSSR count). The highest BCUT2D eigenvalue weighted by molar-refractivity contribution is 5.92. The molecule has 0 saturated carbocycles. The maximum atomic E-state index is 13.1. The first-order chi connectivity index (χ1) is 9.61. The predicted octanol–water partition coefficient (Wildman–Crippen LogP) is 1.75. The molecule has 2 atom stereocenters. The van der Waals surface area contributed by atoms with Crippen molar-refractivity contribution < 1.29 is 14.3 Å². The number of nitrogens with one attached hydrogen (secondary N) is 1. The van der Waals surface area contributed by atoms with E-state index in [1.165, 1.54) is 12.1 Å². The summed E-state index contributed by atoms with van der Waals surface area (Å²) in [5, 5.41) is 12.5. The molecule has 108 valence electrons. The van der Waals surface area contributed by atoms with Crippen molar-refractivity contribution in [2.75, 3.05) is 11.9 Å². The van der Waals surface area contributed by atoms with Crippen LogP contribution < -0.4 is 5.32 Å². The fourth-order valence-electron chi connectivity index (χ4n) is 3.44. The van der Waals surface area contributed by atoms with Crippen molar-refractivity contribution in [2.45, 2.75) is 43.9 Å². The Balaban J connectivity index is 1.60. The number of aliphatic hydroxyl groups excluding tert-OH is 1. The van der Waals surface area contributed by atoms with Gasteiger partial charge in [0.25, 0.3) is 0 Å². The molecule has 2 saturated heterocycles. The van der Waals surface area contributed by atoms with Crippen molar-refractivity contribution in [2.24, 2.45) is 0 Å². The van der Waals surface area contributed by atoms with Crippen molar-refractivity contribution in [3.8, 4) is 0 Å². The normalized spacial score (nSPS) is 29.4. The lowest BCUT2D eigenvalue weighted by Gasteiger charge is -2.36. The summed E-state index contributed by atoms with van der Waals surface area (Å²) < 4.78 is 13.1. The lowest BCUT2D eigenvalue weighted by atomic mass is 10.00. The quantitative estimate of drug-likeness (QED) is 0.885. The van der Waals surface area contributed by atoms with Crippen LogP contribution in [0.5, 0.6) is 0 Å². The average molecular weight is 278 g/mol. The van der Waals surface area contributed by atoms with Gasteiger partial charge in [-0.1, -0.05) is 6.07 Å². The molecule has 2 aliphatic heterocycles. The second-order valence-electron chi connectivity index (χ2n) is 5.74. The molecular weight excluding hydrogens is 259 g/mol. The van der Waals surface area contributed by atoms with Crippen LogP contribution in [0.4, 0.5) is 10.1 Å². The van der Waals surface area contributed by atoms with E-state index in [2.05, 4.69) is 10.2 Å². The molecule has 1 amide bonds. The molecule has 2 bridgehead atoms. The summed E-state index contributed by atoms with van der Waals surface area (Å²) in [6, 6.07) is 6.53. The highest BCUT2D eigenvalue weighted by Crippen LogP contribution is 2.35. The molecule has 1 aromatic carbocycles. The number of carbonyl (C=O) groups is 1. The van der Waals surface area contributed by atoms with Crippen LogP contribution in [0.3, 0.4) is 0 Å². The molecule has 0 radical (unpaired) electrons. The van der Waals surface area contributed by atoms with Crippen molar-refractivity contribution in [1.29, 1.82) is 0 Å². The van der Waals surface area contributed by atoms with Gasteiger partial charge in [0.2, 0.25) is 5.91 Å². The SMILES string of the molecule is O=C(CN1C2CCC1CC(O)C2)Nc1cccc(F)c1. The van der Waals surface area contributed by atoms with Gasteiger partial charge in [-0.05, 0) is 43.9 Å². The van der Waals surface area contributed by atoms with Gasteiger partial charge in [-0.3, -0.25) is 9.69 Å². The van der Waals surface area contributed by atoms with Crippen LogP contribution in [-0.4, -0.2) is 40.6 Å². The van der Waals surface area contributed by atoms with E-state index in [0.717, 1.165) is 25.7 Å². The lowest BCUT2D eigenvalue weighted by molar-refractivity contribution is -0.119. The summed E-state index contributed by atoms with van der Waals surface area (Å²) in [4.78, 5) is 14.2. The molecule has 2 heterocycles. The molecular formula is C15H19FN2O2. The number of piperidine rings is 1. The number of hydrogen-bond acceptors (Lipinski definition) is 3. The summed E-state index contributed by atoms with van der Waals surface area (Å²) in [5.74, 6) is -0.479. The number of rotatable bonds is 3. The van der Waals surface area contributed by atoms with Crippen LogP contribution in [-0.2, 0) is 4.79 Å². The Morgan fingerprint density at radius 2 is 2.05 bits per heavy atom. The second kappa shape index (κ2) is 5.50. The molecule has 0 aromatic heterocycles. The zero-order chi connectivity index (χ0) is 14.1. The number of hydrogen-bond donors (Lipinski definition) is 2. The number of halogens is 1. The second-order valence-corrected chi connectivity index (χ2v) is 5.74. The minimum absolute atomic E-state index is 0.121. The molecule has 2 fully saturated rings. The highest BCUT2D eigenvalue weighted by atomic mass is 19.1. The summed E-state index contributed by atoms with van der Waals surface area (Å²) in [6.07, 6.45) is 3.38. The van der Waals surface area contributed by atoms with Gasteiger partial charge in [-0.15, -0.1) is 0 Å². The molecule has 5 heteroatoms. The number of nitrogens with zero attached hydrogens (tertiary/aromatic N) is 1. The fraction of sp³-hybridized carbons (Fsp3) is 0.533. The van der Waals surface area contributed by atoms with Crippen molar-refractivity contribution in [1.82, 2.24) is 4.90 Å². The minimum atomic E-state index is -0.357. The van der Waals surface area contributed by atoms with Gasteiger partial charge in [0.1, 0.15) is 5.82 Å². The van der Waals surface area contributed by atoms with Gasteiger partial charge in [-0.2, -0.15) is 0 Å². The largest absolute Gasteiger partial charge is 0.393 e. The maximum Gasteiger partial charge on any atom is 0.238 e. The molecule has 20 heavy (non-hydrogen) atoms. The molecule has 4 nitrogen and oxygen atoms in total. The number of amides is 1.